The molecule has 1 rings (SSSR count). The Morgan fingerprint density at radius 2 is 2.20 bits per heavy atom. The van der Waals surface area contributed by atoms with Gasteiger partial charge in [0.2, 0.25) is 11.7 Å². The first-order valence-corrected chi connectivity index (χ1v) is 4.03. The Kier molecular flexibility index (Phi) is 3.28. The summed E-state index contributed by atoms with van der Waals surface area (Å²) in [5.41, 5.74) is 0.127. The predicted molar refractivity (Wildman–Crippen MR) is 45.6 cm³/mol. The maximum Gasteiger partial charge on any atom is 0.450 e. The standard InChI is InChI=1S/C9H8F3NO2/c1-15-8-6(3-2-4-13-8)5-7(14)9(10,11)12/h2-4H,5H2,1H3. The number of Topliss-reactive ketones (excluding diaryl/α,β-unsaturated/α-hetero) is 1. The summed E-state index contributed by atoms with van der Waals surface area (Å²) in [6.07, 6.45) is -4.19. The fraction of sp³-hybridized carbons (Fsp3) is 0.333. The molecule has 0 unspecified atom stereocenters. The molecule has 0 atom stereocenters. The number of nitrogens with zero attached hydrogens (tertiary/aromatic N) is 1. The zero-order chi connectivity index (χ0) is 11.5. The van der Waals surface area contributed by atoms with E-state index in [-0.39, 0.29) is 11.4 Å². The summed E-state index contributed by atoms with van der Waals surface area (Å²) < 4.78 is 40.6. The molecule has 0 aliphatic carbocycles. The van der Waals surface area contributed by atoms with Gasteiger partial charge in [0.15, 0.2) is 0 Å². The first-order chi connectivity index (χ1) is 6.95. The summed E-state index contributed by atoms with van der Waals surface area (Å²) in [6.45, 7) is 0. The lowest BCUT2D eigenvalue weighted by atomic mass is 10.1. The van der Waals surface area contributed by atoms with Crippen LogP contribution in [0.15, 0.2) is 18.3 Å². The molecule has 6 heteroatoms. The molecule has 0 aliphatic rings. The fourth-order valence-corrected chi connectivity index (χ4v) is 1.02. The molecule has 0 aliphatic heterocycles. The highest BCUT2D eigenvalue weighted by molar-refractivity contribution is 5.86. The quantitative estimate of drug-likeness (QED) is 0.777. The van der Waals surface area contributed by atoms with Gasteiger partial charge >= 0.3 is 6.18 Å². The molecule has 0 bridgehead atoms. The molecule has 15 heavy (non-hydrogen) atoms. The Bertz CT molecular complexity index is 363. The van der Waals surface area contributed by atoms with Crippen LogP contribution in [-0.4, -0.2) is 24.1 Å². The third-order valence-electron chi connectivity index (χ3n) is 1.71. The van der Waals surface area contributed by atoms with Crippen LogP contribution in [0.2, 0.25) is 0 Å². The first-order valence-electron chi connectivity index (χ1n) is 4.03. The number of alkyl halides is 3. The van der Waals surface area contributed by atoms with Crippen LogP contribution in [0.3, 0.4) is 0 Å². The predicted octanol–water partition coefficient (Wildman–Crippen LogP) is 1.76. The normalized spacial score (nSPS) is 11.2. The van der Waals surface area contributed by atoms with E-state index in [1.165, 1.54) is 25.4 Å². The smallest absolute Gasteiger partial charge is 0.450 e. The summed E-state index contributed by atoms with van der Waals surface area (Å²) in [4.78, 5) is 14.4. The van der Waals surface area contributed by atoms with E-state index in [9.17, 15) is 18.0 Å². The van der Waals surface area contributed by atoms with Crippen molar-refractivity contribution in [1.82, 2.24) is 4.98 Å². The second-order valence-electron chi connectivity index (χ2n) is 2.77. The zero-order valence-electron chi connectivity index (χ0n) is 7.84. The maximum atomic E-state index is 12.0. The van der Waals surface area contributed by atoms with E-state index >= 15 is 0 Å². The van der Waals surface area contributed by atoms with Crippen molar-refractivity contribution in [1.29, 1.82) is 0 Å². The maximum absolute atomic E-state index is 12.0. The molecule has 3 nitrogen and oxygen atoms in total. The number of ether oxygens (including phenoxy) is 1. The van der Waals surface area contributed by atoms with Crippen LogP contribution >= 0.6 is 0 Å². The number of carbonyl (C=O) groups excluding carboxylic acids is 1. The minimum atomic E-state index is -4.82. The van der Waals surface area contributed by atoms with E-state index in [1.54, 1.807) is 0 Å². The molecule has 0 aromatic carbocycles. The van der Waals surface area contributed by atoms with Crippen molar-refractivity contribution in [2.45, 2.75) is 12.6 Å². The van der Waals surface area contributed by atoms with Crippen molar-refractivity contribution in [3.8, 4) is 5.88 Å². The molecule has 1 aromatic rings. The molecule has 0 fully saturated rings. The molecule has 0 N–H and O–H groups in total. The lowest BCUT2D eigenvalue weighted by Gasteiger charge is -2.07. The van der Waals surface area contributed by atoms with E-state index < -0.39 is 18.4 Å². The van der Waals surface area contributed by atoms with Crippen LogP contribution in [0, 0.1) is 0 Å². The van der Waals surface area contributed by atoms with Gasteiger partial charge in [0.25, 0.3) is 0 Å². The third kappa shape index (κ3) is 2.93. The van der Waals surface area contributed by atoms with Gasteiger partial charge in [-0.15, -0.1) is 0 Å². The monoisotopic (exact) mass is 219 g/mol. The Labute approximate surface area is 83.9 Å². The molecule has 0 radical (unpaired) electrons. The number of hydrogen-bond donors (Lipinski definition) is 0. The number of aromatic nitrogens is 1. The number of pyridine rings is 1. The number of rotatable bonds is 3. The summed E-state index contributed by atoms with van der Waals surface area (Å²) in [7, 11) is 1.28. The molecular weight excluding hydrogens is 211 g/mol. The minimum absolute atomic E-state index is 0.0371. The number of methoxy groups -OCH3 is 1. The Hall–Kier alpha value is -1.59. The highest BCUT2D eigenvalue weighted by Gasteiger charge is 2.38. The Balaban J connectivity index is 2.85. The molecule has 0 saturated heterocycles. The molecule has 1 aromatic heterocycles. The van der Waals surface area contributed by atoms with E-state index in [0.717, 1.165) is 0 Å². The molecule has 1 heterocycles. The molecule has 0 saturated carbocycles. The van der Waals surface area contributed by atoms with Gasteiger partial charge in [0.1, 0.15) is 0 Å². The highest BCUT2D eigenvalue weighted by atomic mass is 19.4. The van der Waals surface area contributed by atoms with Crippen LogP contribution in [-0.2, 0) is 11.2 Å². The van der Waals surface area contributed by atoms with Crippen molar-refractivity contribution in [3.05, 3.63) is 23.9 Å². The Morgan fingerprint density at radius 1 is 1.53 bits per heavy atom. The zero-order valence-corrected chi connectivity index (χ0v) is 7.84. The van der Waals surface area contributed by atoms with Gasteiger partial charge < -0.3 is 4.74 Å². The molecule has 0 spiro atoms. The van der Waals surface area contributed by atoms with Gasteiger partial charge in [-0.1, -0.05) is 6.07 Å². The Morgan fingerprint density at radius 3 is 2.73 bits per heavy atom. The van der Waals surface area contributed by atoms with Gasteiger partial charge in [0.05, 0.1) is 7.11 Å². The first kappa shape index (κ1) is 11.5. The fourth-order valence-electron chi connectivity index (χ4n) is 1.02. The van der Waals surface area contributed by atoms with Gasteiger partial charge in [-0.3, -0.25) is 4.79 Å². The lowest BCUT2D eigenvalue weighted by Crippen LogP contribution is -2.24. The second-order valence-corrected chi connectivity index (χ2v) is 2.77. The van der Waals surface area contributed by atoms with Gasteiger partial charge in [-0.05, 0) is 6.07 Å². The van der Waals surface area contributed by atoms with Crippen molar-refractivity contribution in [3.63, 3.8) is 0 Å². The number of carbonyl (C=O) groups is 1. The van der Waals surface area contributed by atoms with E-state index in [4.69, 9.17) is 4.74 Å². The van der Waals surface area contributed by atoms with Crippen LogP contribution in [0.4, 0.5) is 13.2 Å². The minimum Gasteiger partial charge on any atom is -0.481 e. The number of hydrogen-bond acceptors (Lipinski definition) is 3. The van der Waals surface area contributed by atoms with Crippen molar-refractivity contribution in [2.24, 2.45) is 0 Å². The van der Waals surface area contributed by atoms with Crippen LogP contribution in [0.5, 0.6) is 5.88 Å². The lowest BCUT2D eigenvalue weighted by molar-refractivity contribution is -0.170. The van der Waals surface area contributed by atoms with Crippen molar-refractivity contribution < 1.29 is 22.7 Å². The van der Waals surface area contributed by atoms with Crippen LogP contribution < -0.4 is 4.74 Å². The van der Waals surface area contributed by atoms with Crippen molar-refractivity contribution >= 4 is 5.78 Å². The summed E-state index contributed by atoms with van der Waals surface area (Å²) in [5, 5.41) is 0. The van der Waals surface area contributed by atoms with E-state index in [1.807, 2.05) is 0 Å². The molecule has 82 valence electrons. The third-order valence-corrected chi connectivity index (χ3v) is 1.71. The molecule has 0 amide bonds. The average molecular weight is 219 g/mol. The number of ketones is 1. The van der Waals surface area contributed by atoms with Gasteiger partial charge in [0, 0.05) is 18.2 Å². The average Bonchev–Trinajstić information content (AvgIpc) is 2.17. The van der Waals surface area contributed by atoms with E-state index in [0.29, 0.717) is 0 Å². The topological polar surface area (TPSA) is 39.2 Å². The summed E-state index contributed by atoms with van der Waals surface area (Å²) in [5.74, 6) is -1.77. The van der Waals surface area contributed by atoms with Crippen LogP contribution in [0.1, 0.15) is 5.56 Å². The second kappa shape index (κ2) is 4.29. The summed E-state index contributed by atoms with van der Waals surface area (Å²) >= 11 is 0. The van der Waals surface area contributed by atoms with Gasteiger partial charge in [-0.25, -0.2) is 4.98 Å². The van der Waals surface area contributed by atoms with Gasteiger partial charge in [-0.2, -0.15) is 13.2 Å². The van der Waals surface area contributed by atoms with E-state index in [2.05, 4.69) is 4.98 Å². The summed E-state index contributed by atoms with van der Waals surface area (Å²) in [6, 6.07) is 2.82. The number of halogens is 3. The van der Waals surface area contributed by atoms with Crippen LogP contribution in [0.25, 0.3) is 0 Å². The molecular formula is C9H8F3NO2. The van der Waals surface area contributed by atoms with Crippen molar-refractivity contribution in [2.75, 3.05) is 7.11 Å². The SMILES string of the molecule is COc1ncccc1CC(=O)C(F)(F)F. The largest absolute Gasteiger partial charge is 0.481 e. The highest BCUT2D eigenvalue weighted by Crippen LogP contribution is 2.21.